The number of halogens is 1. The molecule has 0 saturated heterocycles. The molecular formula is C27H26ClN7O2. The van der Waals surface area contributed by atoms with Crippen LogP contribution in [0.15, 0.2) is 55.1 Å². The van der Waals surface area contributed by atoms with Gasteiger partial charge in [-0.25, -0.2) is 15.0 Å². The van der Waals surface area contributed by atoms with Crippen molar-refractivity contribution in [3.05, 3.63) is 82.5 Å². The zero-order valence-electron chi connectivity index (χ0n) is 20.2. The summed E-state index contributed by atoms with van der Waals surface area (Å²) >= 11 is 6.09. The standard InChI is InChI=1S/C27H26ClN7O2/c1-29-26(36)22-8-17(15-5-6-15)12-35-13-19(33-25(22)35)11-30-23-10-24(32-14-31-23)34-27(37)21-9-20(21)16-3-2-4-18(28)7-16/h2-4,7-8,10,12-15,20-21H,5-6,9,11H2,1H3,(H,29,36)(H2,30,31,32,34,37)/t20-,21+/m1/s1. The van der Waals surface area contributed by atoms with Gasteiger partial charge in [0.05, 0.1) is 17.8 Å². The molecule has 1 aromatic carbocycles. The number of hydrogen-bond donors (Lipinski definition) is 3. The third-order valence-corrected chi connectivity index (χ3v) is 7.15. The number of pyridine rings is 1. The molecule has 0 radical (unpaired) electrons. The van der Waals surface area contributed by atoms with Crippen LogP contribution in [-0.4, -0.2) is 38.2 Å². The Morgan fingerprint density at radius 3 is 2.70 bits per heavy atom. The van der Waals surface area contributed by atoms with E-state index in [1.165, 1.54) is 6.33 Å². The van der Waals surface area contributed by atoms with Gasteiger partial charge < -0.3 is 20.4 Å². The van der Waals surface area contributed by atoms with E-state index in [4.69, 9.17) is 11.6 Å². The van der Waals surface area contributed by atoms with Gasteiger partial charge in [0.15, 0.2) is 0 Å². The van der Waals surface area contributed by atoms with Crippen molar-refractivity contribution in [2.45, 2.75) is 37.6 Å². The molecule has 0 aliphatic heterocycles. The topological polar surface area (TPSA) is 113 Å². The molecule has 4 aromatic rings. The van der Waals surface area contributed by atoms with Crippen LogP contribution in [0.5, 0.6) is 0 Å². The molecule has 2 saturated carbocycles. The largest absolute Gasteiger partial charge is 0.364 e. The van der Waals surface area contributed by atoms with Gasteiger partial charge in [0.2, 0.25) is 5.91 Å². The normalized spacial score (nSPS) is 18.4. The van der Waals surface area contributed by atoms with E-state index >= 15 is 0 Å². The zero-order chi connectivity index (χ0) is 25.5. The predicted octanol–water partition coefficient (Wildman–Crippen LogP) is 4.37. The highest BCUT2D eigenvalue weighted by molar-refractivity contribution is 6.30. The molecule has 6 rings (SSSR count). The van der Waals surface area contributed by atoms with Crippen molar-refractivity contribution in [1.29, 1.82) is 0 Å². The van der Waals surface area contributed by atoms with Gasteiger partial charge in [0.25, 0.3) is 5.91 Å². The lowest BCUT2D eigenvalue weighted by atomic mass is 10.1. The van der Waals surface area contributed by atoms with Gasteiger partial charge in [-0.15, -0.1) is 0 Å². The van der Waals surface area contributed by atoms with Gasteiger partial charge in [0.1, 0.15) is 23.6 Å². The molecule has 3 aromatic heterocycles. The van der Waals surface area contributed by atoms with Crippen LogP contribution in [0.4, 0.5) is 11.6 Å². The molecule has 37 heavy (non-hydrogen) atoms. The number of anilines is 2. The molecule has 188 valence electrons. The third-order valence-electron chi connectivity index (χ3n) is 6.92. The van der Waals surface area contributed by atoms with Gasteiger partial charge in [-0.1, -0.05) is 23.7 Å². The summed E-state index contributed by atoms with van der Waals surface area (Å²) in [5, 5.41) is 9.53. The van der Waals surface area contributed by atoms with Crippen LogP contribution in [0.1, 0.15) is 58.3 Å². The van der Waals surface area contributed by atoms with E-state index in [1.54, 1.807) is 13.1 Å². The molecule has 2 atom stereocenters. The van der Waals surface area contributed by atoms with Crippen LogP contribution in [0, 0.1) is 5.92 Å². The zero-order valence-corrected chi connectivity index (χ0v) is 21.0. The predicted molar refractivity (Wildman–Crippen MR) is 141 cm³/mol. The number of carbonyl (C=O) groups is 2. The number of imidazole rings is 1. The fourth-order valence-corrected chi connectivity index (χ4v) is 4.91. The lowest BCUT2D eigenvalue weighted by molar-refractivity contribution is -0.117. The summed E-state index contributed by atoms with van der Waals surface area (Å²) in [5.41, 5.74) is 4.20. The van der Waals surface area contributed by atoms with E-state index in [9.17, 15) is 9.59 Å². The summed E-state index contributed by atoms with van der Waals surface area (Å²) in [7, 11) is 1.63. The number of nitrogens with one attached hydrogen (secondary N) is 3. The SMILES string of the molecule is CNC(=O)c1cc(C2CC2)cn2cc(CNc3cc(NC(=O)[C@H]4C[C@@H]4c4cccc(Cl)c4)ncn3)nc12. The molecule has 3 N–H and O–H groups in total. The average molecular weight is 516 g/mol. The number of fused-ring (bicyclic) bond motifs is 1. The fourth-order valence-electron chi connectivity index (χ4n) is 4.71. The lowest BCUT2D eigenvalue weighted by Gasteiger charge is -2.07. The van der Waals surface area contributed by atoms with E-state index in [0.29, 0.717) is 40.3 Å². The molecule has 0 bridgehead atoms. The number of rotatable bonds is 8. The Morgan fingerprint density at radius 1 is 1.08 bits per heavy atom. The number of benzene rings is 1. The van der Waals surface area contributed by atoms with Gasteiger partial charge in [0, 0.05) is 36.4 Å². The molecule has 2 fully saturated rings. The molecule has 10 heteroatoms. The molecule has 2 amide bonds. The van der Waals surface area contributed by atoms with Crippen LogP contribution in [0.25, 0.3) is 5.65 Å². The third kappa shape index (κ3) is 4.99. The first-order valence-electron chi connectivity index (χ1n) is 12.3. The van der Waals surface area contributed by atoms with Gasteiger partial charge >= 0.3 is 0 Å². The highest BCUT2D eigenvalue weighted by atomic mass is 35.5. The minimum Gasteiger partial charge on any atom is -0.364 e. The van der Waals surface area contributed by atoms with Gasteiger partial charge in [-0.2, -0.15) is 0 Å². The summed E-state index contributed by atoms with van der Waals surface area (Å²) in [6.45, 7) is 0.400. The molecule has 0 unspecified atom stereocenters. The summed E-state index contributed by atoms with van der Waals surface area (Å²) in [4.78, 5) is 38.4. The van der Waals surface area contributed by atoms with E-state index in [0.717, 1.165) is 36.1 Å². The average Bonchev–Trinajstić information content (AvgIpc) is 3.83. The van der Waals surface area contributed by atoms with E-state index in [2.05, 4.69) is 37.1 Å². The second kappa shape index (κ2) is 9.48. The lowest BCUT2D eigenvalue weighted by Crippen LogP contribution is -2.19. The minimum atomic E-state index is -0.151. The molecule has 3 heterocycles. The Hall–Kier alpha value is -3.98. The maximum atomic E-state index is 12.8. The van der Waals surface area contributed by atoms with Crippen LogP contribution in [0.3, 0.4) is 0 Å². The first kappa shape index (κ1) is 23.4. The van der Waals surface area contributed by atoms with E-state index < -0.39 is 0 Å². The number of hydrogen-bond acceptors (Lipinski definition) is 6. The number of aromatic nitrogens is 4. The summed E-state index contributed by atoms with van der Waals surface area (Å²) < 4.78 is 1.92. The fraction of sp³-hybridized carbons (Fsp3) is 0.296. The van der Waals surface area contributed by atoms with Crippen LogP contribution in [0.2, 0.25) is 5.02 Å². The molecule has 9 nitrogen and oxygen atoms in total. The maximum absolute atomic E-state index is 12.8. The highest BCUT2D eigenvalue weighted by Crippen LogP contribution is 2.48. The summed E-state index contributed by atoms with van der Waals surface area (Å²) in [5.74, 6) is 1.37. The first-order valence-corrected chi connectivity index (χ1v) is 12.7. The smallest absolute Gasteiger partial charge is 0.254 e. The van der Waals surface area contributed by atoms with Crippen molar-refractivity contribution >= 4 is 40.7 Å². The van der Waals surface area contributed by atoms with Crippen molar-refractivity contribution in [1.82, 2.24) is 24.7 Å². The van der Waals surface area contributed by atoms with Crippen molar-refractivity contribution in [2.24, 2.45) is 5.92 Å². The first-order chi connectivity index (χ1) is 18.0. The minimum absolute atomic E-state index is 0.0665. The number of nitrogens with zero attached hydrogens (tertiary/aromatic N) is 4. The Balaban J connectivity index is 1.12. The molecular weight excluding hydrogens is 490 g/mol. The van der Waals surface area contributed by atoms with Gasteiger partial charge in [-0.05, 0) is 60.4 Å². The van der Waals surface area contributed by atoms with Crippen molar-refractivity contribution < 1.29 is 9.59 Å². The van der Waals surface area contributed by atoms with Crippen molar-refractivity contribution in [3.8, 4) is 0 Å². The number of carbonyl (C=O) groups excluding carboxylic acids is 2. The highest BCUT2D eigenvalue weighted by Gasteiger charge is 2.44. The monoisotopic (exact) mass is 515 g/mol. The van der Waals surface area contributed by atoms with E-state index in [1.807, 2.05) is 40.9 Å². The van der Waals surface area contributed by atoms with Crippen molar-refractivity contribution in [3.63, 3.8) is 0 Å². The quantitative estimate of drug-likeness (QED) is 0.321. The molecule has 2 aliphatic carbocycles. The maximum Gasteiger partial charge on any atom is 0.254 e. The second-order valence-electron chi connectivity index (χ2n) is 9.64. The van der Waals surface area contributed by atoms with Crippen LogP contribution >= 0.6 is 11.6 Å². The summed E-state index contributed by atoms with van der Waals surface area (Å²) in [6.07, 6.45) is 8.48. The summed E-state index contributed by atoms with van der Waals surface area (Å²) in [6, 6.07) is 11.3. The van der Waals surface area contributed by atoms with Gasteiger partial charge in [-0.3, -0.25) is 9.59 Å². The molecule has 0 spiro atoms. The Morgan fingerprint density at radius 2 is 1.92 bits per heavy atom. The van der Waals surface area contributed by atoms with E-state index in [-0.39, 0.29) is 23.7 Å². The number of amides is 2. The Labute approximate surface area is 218 Å². The van der Waals surface area contributed by atoms with Crippen molar-refractivity contribution in [2.75, 3.05) is 17.7 Å². The Kier molecular flexibility index (Phi) is 6.00. The van der Waals surface area contributed by atoms with Crippen LogP contribution in [-0.2, 0) is 11.3 Å². The molecule has 2 aliphatic rings. The second-order valence-corrected chi connectivity index (χ2v) is 10.1. The Bertz CT molecular complexity index is 1510. The van der Waals surface area contributed by atoms with Crippen LogP contribution < -0.4 is 16.0 Å².